The third-order valence-corrected chi connectivity index (χ3v) is 58.2. The molecule has 6 aliphatic rings. The van der Waals surface area contributed by atoms with Crippen LogP contribution in [0.25, 0.3) is 33.4 Å². The van der Waals surface area contributed by atoms with Gasteiger partial charge in [-0.05, 0) is 174 Å². The number of ether oxygens (including phenoxy) is 13. The molecule has 0 saturated carbocycles. The lowest BCUT2D eigenvalue weighted by atomic mass is 10.0. The first-order chi connectivity index (χ1) is 65.2. The van der Waals surface area contributed by atoms with Crippen molar-refractivity contribution in [2.75, 3.05) is 139 Å². The summed E-state index contributed by atoms with van der Waals surface area (Å²) < 4.78 is 164. The summed E-state index contributed by atoms with van der Waals surface area (Å²) >= 11 is 0. The van der Waals surface area contributed by atoms with E-state index in [2.05, 4.69) is 121 Å². The second kappa shape index (κ2) is 56.2. The van der Waals surface area contributed by atoms with Crippen LogP contribution in [0.1, 0.15) is 151 Å². The number of hydrogen-bond donors (Lipinski definition) is 3. The molecule has 6 fully saturated rings. The molecule has 6 aliphatic heterocycles. The van der Waals surface area contributed by atoms with E-state index < -0.39 is 87.3 Å². The van der Waals surface area contributed by atoms with Gasteiger partial charge < -0.3 is 131 Å². The summed E-state index contributed by atoms with van der Waals surface area (Å²) in [6.45, 7) is 21.0. The fourth-order valence-corrected chi connectivity index (χ4v) is 60.0. The van der Waals surface area contributed by atoms with Crippen molar-refractivity contribution in [3.05, 3.63) is 180 Å². The molecule has 0 spiro atoms. The topological polar surface area (TPSA) is 310 Å². The first-order valence-electron chi connectivity index (χ1n) is 48.3. The van der Waals surface area contributed by atoms with Gasteiger partial charge >= 0.3 is 77.5 Å². The third-order valence-electron chi connectivity index (χ3n) is 22.6. The van der Waals surface area contributed by atoms with Gasteiger partial charge in [0.1, 0.15) is 43.7 Å². The number of amides is 1. The molecule has 1 amide bonds. The molecular formula is C95H143NO29Si9. The van der Waals surface area contributed by atoms with E-state index in [1.54, 1.807) is 39.3 Å². The average molecular weight is 2020 g/mol. The minimum atomic E-state index is -4.36. The van der Waals surface area contributed by atoms with Gasteiger partial charge in [-0.15, -0.1) is 0 Å². The molecule has 134 heavy (non-hydrogen) atoms. The number of benzene rings is 7. The van der Waals surface area contributed by atoms with Crippen molar-refractivity contribution >= 4 is 87.3 Å². The predicted octanol–water partition coefficient (Wildman–Crippen LogP) is 16.8. The molecule has 7 aromatic carbocycles. The highest BCUT2D eigenvalue weighted by atomic mass is 28.6. The summed E-state index contributed by atoms with van der Waals surface area (Å²) in [6, 6.07) is 55.5. The number of aliphatic hydroxyl groups is 2. The third kappa shape index (κ3) is 36.7. The normalized spacial score (nSPS) is 22.4. The zero-order valence-corrected chi connectivity index (χ0v) is 89.1. The quantitative estimate of drug-likeness (QED) is 0.0236. The lowest BCUT2D eigenvalue weighted by Gasteiger charge is -2.58. The Morgan fingerprint density at radius 1 is 0.328 bits per heavy atom. The SMILES string of the molecule is CCCOCCOCCOc1ccc(-c2ccc(CCCCCCCCOc3c(OCCCCCCCCc4ccc(-c5ccc(OCCOCCOCCO)cc5)cc4)cc(COC(=O)NCC[SiH2]O[Si]45O[Si]6(C)O[Si]7(C)O[SiH]8O[Si](C)(O6)O[Si](C)(O[Si](C)(O8)O[Si](C)(O7)O4)O5)cc3OCCCCCCCCc3ccc(-c4ccc(OCCOCCOCCO)cc4)cc3)cc2)cc1. The zero-order chi connectivity index (χ0) is 93.9. The highest BCUT2D eigenvalue weighted by molar-refractivity contribution is 7.00. The van der Waals surface area contributed by atoms with Crippen molar-refractivity contribution in [2.45, 2.75) is 200 Å². The number of alkyl carbamates (subject to hydrolysis) is 1. The van der Waals surface area contributed by atoms with Gasteiger partial charge in [-0.2, -0.15) is 0 Å². The molecule has 0 aliphatic carbocycles. The number of carbonyl (C=O) groups excluding carboxylic acids is 1. The Morgan fingerprint density at radius 3 is 0.963 bits per heavy atom. The molecule has 6 heterocycles. The zero-order valence-electron chi connectivity index (χ0n) is 79.5. The van der Waals surface area contributed by atoms with Gasteiger partial charge in [-0.3, -0.25) is 0 Å². The lowest BCUT2D eigenvalue weighted by molar-refractivity contribution is -0.0314. The number of rotatable bonds is 67. The van der Waals surface area contributed by atoms with Crippen molar-refractivity contribution in [2.24, 2.45) is 0 Å². The van der Waals surface area contributed by atoms with Crippen LogP contribution in [0.2, 0.25) is 45.3 Å². The summed E-state index contributed by atoms with van der Waals surface area (Å²) in [5.41, 5.74) is 11.6. The van der Waals surface area contributed by atoms with Crippen LogP contribution in [0.3, 0.4) is 0 Å². The van der Waals surface area contributed by atoms with Gasteiger partial charge in [-0.25, -0.2) is 4.79 Å². The van der Waals surface area contributed by atoms with E-state index in [0.717, 1.165) is 193 Å². The number of nitrogens with one attached hydrogen (secondary N) is 1. The lowest BCUT2D eigenvalue weighted by Crippen LogP contribution is -2.85. The largest absolute Gasteiger partial charge is 0.646 e. The van der Waals surface area contributed by atoms with Gasteiger partial charge in [0.2, 0.25) is 5.75 Å². The van der Waals surface area contributed by atoms with E-state index in [-0.39, 0.29) is 26.4 Å². The summed E-state index contributed by atoms with van der Waals surface area (Å²) in [5.74, 6) is 4.08. The minimum Gasteiger partial charge on any atom is -0.491 e. The van der Waals surface area contributed by atoms with Crippen molar-refractivity contribution in [1.29, 1.82) is 0 Å². The van der Waals surface area contributed by atoms with E-state index in [9.17, 15) is 4.79 Å². The fourth-order valence-electron chi connectivity index (χ4n) is 16.2. The molecule has 13 rings (SSSR count). The molecular weight excluding hydrogens is 1870 g/mol. The van der Waals surface area contributed by atoms with Crippen LogP contribution in [0.4, 0.5) is 4.79 Å². The fraction of sp³-hybridized carbons (Fsp3) is 0.547. The molecule has 8 bridgehead atoms. The minimum absolute atomic E-state index is 0.00197. The summed E-state index contributed by atoms with van der Waals surface area (Å²) in [7, 11) is -31.7. The number of carbonyl (C=O) groups is 1. The molecule has 0 aromatic heterocycles. The summed E-state index contributed by atoms with van der Waals surface area (Å²) in [4.78, 5) is 13.8. The first-order valence-corrected chi connectivity index (χ1v) is 66.3. The maximum absolute atomic E-state index is 13.8. The molecule has 7 aromatic rings. The number of unbranched alkanes of at least 4 members (excludes halogenated alkanes) is 15. The molecule has 738 valence electrons. The monoisotopic (exact) mass is 2010 g/mol. The van der Waals surface area contributed by atoms with Crippen LogP contribution in [-0.4, -0.2) is 236 Å². The molecule has 0 radical (unpaired) electrons. The van der Waals surface area contributed by atoms with Crippen LogP contribution in [0.5, 0.6) is 34.5 Å². The van der Waals surface area contributed by atoms with Crippen LogP contribution in [0.15, 0.2) is 158 Å². The average Bonchev–Trinajstić information content (AvgIpc) is 0.704. The van der Waals surface area contributed by atoms with E-state index in [4.69, 9.17) is 125 Å². The van der Waals surface area contributed by atoms with Gasteiger partial charge in [0.05, 0.1) is 106 Å². The van der Waals surface area contributed by atoms with Crippen LogP contribution >= 0.6 is 0 Å². The van der Waals surface area contributed by atoms with Crippen molar-refractivity contribution < 1.29 is 130 Å². The Labute approximate surface area is 804 Å². The smallest absolute Gasteiger partial charge is 0.491 e. The standard InChI is InChI=1S/C95H143NO29Si9/c1-8-57-100-63-66-103-69-72-106-89-48-42-86(43-49-89)85-40-34-81(35-41-85)29-23-17-11-14-20-26-60-111-94-92(109-58-24-18-12-9-15-21-27-79-30-36-83(37-31-79)87-44-50-90(51-45-87)107-73-70-104-67-64-101-61-55-97)76-82(77-93(94)110-59-25-19-13-10-16-22-28-80-32-38-84(39-33-80)88-46-52-91(53-47-88)108-74-71-105-68-65-102-62-56-98)78-112-95(99)96-54-75-126-113-134-123-131(5)117-128(2)114-127-115-129(3,119-131)121-133(7,125-134)122-130(4,116-127)120-132(6,118-128)124-134/h30-53,76-77,97-98,127H,8-29,54-75,78,126H2,1-7H3,(H,96,99). The molecule has 6 saturated heterocycles. The maximum Gasteiger partial charge on any atom is 0.646 e. The summed E-state index contributed by atoms with van der Waals surface area (Å²) in [6.07, 6.45) is 22.3. The molecule has 0 atom stereocenters. The predicted molar refractivity (Wildman–Crippen MR) is 527 cm³/mol. The Bertz CT molecular complexity index is 4260. The van der Waals surface area contributed by atoms with Gasteiger partial charge in [-0.1, -0.05) is 193 Å². The molecule has 0 unspecified atom stereocenters. The highest BCUT2D eigenvalue weighted by Crippen LogP contribution is 2.47. The molecule has 30 nitrogen and oxygen atoms in total. The Balaban J connectivity index is 0.638. The van der Waals surface area contributed by atoms with Gasteiger partial charge in [0.15, 0.2) is 21.3 Å². The van der Waals surface area contributed by atoms with Crippen molar-refractivity contribution in [3.63, 3.8) is 0 Å². The Morgan fingerprint density at radius 2 is 0.627 bits per heavy atom. The van der Waals surface area contributed by atoms with Crippen molar-refractivity contribution in [3.8, 4) is 67.9 Å². The Kier molecular flexibility index (Phi) is 44.7. The van der Waals surface area contributed by atoms with Crippen LogP contribution < -0.4 is 33.7 Å². The molecule has 39 heteroatoms. The van der Waals surface area contributed by atoms with Gasteiger partial charge in [0, 0.05) is 52.4 Å². The van der Waals surface area contributed by atoms with E-state index in [0.29, 0.717) is 141 Å². The van der Waals surface area contributed by atoms with Crippen LogP contribution in [0, 0.1) is 0 Å². The van der Waals surface area contributed by atoms with Gasteiger partial charge in [0.25, 0.3) is 0 Å². The number of aliphatic hydroxyl groups excluding tert-OH is 2. The van der Waals surface area contributed by atoms with E-state index >= 15 is 0 Å². The van der Waals surface area contributed by atoms with E-state index in [1.807, 2.05) is 48.5 Å². The van der Waals surface area contributed by atoms with E-state index in [1.165, 1.54) is 22.3 Å². The number of aryl methyl sites for hydroxylation is 3. The second-order valence-electron chi connectivity index (χ2n) is 34.4. The summed E-state index contributed by atoms with van der Waals surface area (Å²) in [5, 5.41) is 20.7. The highest BCUT2D eigenvalue weighted by Gasteiger charge is 2.78. The van der Waals surface area contributed by atoms with Crippen LogP contribution in [-0.2, 0) is 113 Å². The molecule has 3 N–H and O–H groups in total. The first kappa shape index (κ1) is 107. The maximum atomic E-state index is 13.8. The number of hydrogen-bond acceptors (Lipinski definition) is 29. The Hall–Kier alpha value is -6.28. The second-order valence-corrected chi connectivity index (χ2v) is 58.7. The van der Waals surface area contributed by atoms with Crippen molar-refractivity contribution in [1.82, 2.24) is 5.32 Å².